The summed E-state index contributed by atoms with van der Waals surface area (Å²) in [6, 6.07) is 0.692. The van der Waals surface area contributed by atoms with Gasteiger partial charge in [0.2, 0.25) is 0 Å². The van der Waals surface area contributed by atoms with Crippen LogP contribution < -0.4 is 5.32 Å². The van der Waals surface area contributed by atoms with Gasteiger partial charge in [-0.25, -0.2) is 0 Å². The molecule has 3 nitrogen and oxygen atoms in total. The van der Waals surface area contributed by atoms with Gasteiger partial charge in [-0.05, 0) is 55.0 Å². The molecular weight excluding hydrogens is 278 g/mol. The minimum Gasteiger partial charge on any atom is -0.308 e. The second-order valence-electron chi connectivity index (χ2n) is 5.16. The maximum atomic E-state index is 4.52. The Hall–Kier alpha value is -0.350. The third-order valence-electron chi connectivity index (χ3n) is 3.71. The first kappa shape index (κ1) is 13.1. The first-order valence-electron chi connectivity index (χ1n) is 6.57. The predicted molar refractivity (Wildman–Crippen MR) is 74.0 cm³/mol. The van der Waals surface area contributed by atoms with Gasteiger partial charge in [0.1, 0.15) is 0 Å². The summed E-state index contributed by atoms with van der Waals surface area (Å²) in [5, 5.41) is 8.18. The molecule has 0 bridgehead atoms. The number of halogens is 1. The Balaban J connectivity index is 1.98. The van der Waals surface area contributed by atoms with E-state index < -0.39 is 0 Å². The fourth-order valence-corrected chi connectivity index (χ4v) is 3.10. The molecule has 1 N–H and O–H groups in total. The van der Waals surface area contributed by atoms with E-state index in [4.69, 9.17) is 0 Å². The molecule has 0 amide bonds. The molecule has 1 aromatic heterocycles. The largest absolute Gasteiger partial charge is 0.308 e. The number of nitrogens with one attached hydrogen (secondary N) is 1. The van der Waals surface area contributed by atoms with Crippen LogP contribution in [0.5, 0.6) is 0 Å². The molecule has 2 atom stereocenters. The van der Waals surface area contributed by atoms with E-state index in [0.29, 0.717) is 6.04 Å². The van der Waals surface area contributed by atoms with Gasteiger partial charge >= 0.3 is 0 Å². The summed E-state index contributed by atoms with van der Waals surface area (Å²) in [5.41, 5.74) is 2.37. The molecule has 1 aliphatic rings. The molecule has 0 aliphatic heterocycles. The standard InChI is InChI=1S/C13H22BrN3/c1-4-17-12(13(14)10(3)16-17)8-15-11-6-5-9(2)7-11/h9,11,15H,4-8H2,1-3H3. The first-order valence-corrected chi connectivity index (χ1v) is 7.36. The number of aromatic nitrogens is 2. The molecular formula is C13H22BrN3. The topological polar surface area (TPSA) is 29.9 Å². The maximum Gasteiger partial charge on any atom is 0.0739 e. The van der Waals surface area contributed by atoms with Crippen LogP contribution in [0.2, 0.25) is 0 Å². The molecule has 0 radical (unpaired) electrons. The number of hydrogen-bond donors (Lipinski definition) is 1. The van der Waals surface area contributed by atoms with Crippen LogP contribution in [-0.4, -0.2) is 15.8 Å². The van der Waals surface area contributed by atoms with E-state index in [9.17, 15) is 0 Å². The lowest BCUT2D eigenvalue weighted by molar-refractivity contribution is 0.482. The molecule has 2 rings (SSSR count). The van der Waals surface area contributed by atoms with Crippen LogP contribution in [-0.2, 0) is 13.1 Å². The SMILES string of the molecule is CCn1nc(C)c(Br)c1CNC1CCC(C)C1. The Kier molecular flexibility index (Phi) is 4.26. The maximum absolute atomic E-state index is 4.52. The Morgan fingerprint density at radius 3 is 2.82 bits per heavy atom. The molecule has 4 heteroatoms. The summed E-state index contributed by atoms with van der Waals surface area (Å²) < 4.78 is 3.25. The Labute approximate surface area is 112 Å². The monoisotopic (exact) mass is 299 g/mol. The smallest absolute Gasteiger partial charge is 0.0739 e. The van der Waals surface area contributed by atoms with Crippen molar-refractivity contribution >= 4 is 15.9 Å². The molecule has 1 saturated carbocycles. The lowest BCUT2D eigenvalue weighted by atomic mass is 10.1. The highest BCUT2D eigenvalue weighted by Crippen LogP contribution is 2.26. The van der Waals surface area contributed by atoms with Crippen LogP contribution in [0.1, 0.15) is 44.5 Å². The Morgan fingerprint density at radius 2 is 2.24 bits per heavy atom. The van der Waals surface area contributed by atoms with Gasteiger partial charge in [0.15, 0.2) is 0 Å². The van der Waals surface area contributed by atoms with Crippen LogP contribution in [0.4, 0.5) is 0 Å². The zero-order valence-electron chi connectivity index (χ0n) is 11.0. The van der Waals surface area contributed by atoms with E-state index in [1.54, 1.807) is 0 Å². The third-order valence-corrected chi connectivity index (χ3v) is 4.74. The second-order valence-corrected chi connectivity index (χ2v) is 5.95. The van der Waals surface area contributed by atoms with Gasteiger partial charge in [-0.15, -0.1) is 0 Å². The minimum atomic E-state index is 0.692. The molecule has 96 valence electrons. The number of hydrogen-bond acceptors (Lipinski definition) is 2. The third kappa shape index (κ3) is 2.91. The van der Waals surface area contributed by atoms with E-state index >= 15 is 0 Å². The van der Waals surface area contributed by atoms with Gasteiger partial charge in [-0.2, -0.15) is 5.10 Å². The predicted octanol–water partition coefficient (Wildman–Crippen LogP) is 3.25. The van der Waals surface area contributed by atoms with Gasteiger partial charge in [-0.3, -0.25) is 4.68 Å². The summed E-state index contributed by atoms with van der Waals surface area (Å²) >= 11 is 3.64. The Morgan fingerprint density at radius 1 is 1.47 bits per heavy atom. The highest BCUT2D eigenvalue weighted by Gasteiger charge is 2.21. The van der Waals surface area contributed by atoms with Crippen LogP contribution in [0, 0.1) is 12.8 Å². The fraction of sp³-hybridized carbons (Fsp3) is 0.769. The van der Waals surface area contributed by atoms with Crippen molar-refractivity contribution < 1.29 is 0 Å². The normalized spacial score (nSPS) is 24.5. The van der Waals surface area contributed by atoms with E-state index in [1.807, 2.05) is 0 Å². The molecule has 0 spiro atoms. The van der Waals surface area contributed by atoms with Crippen molar-refractivity contribution in [2.75, 3.05) is 0 Å². The molecule has 0 aromatic carbocycles. The minimum absolute atomic E-state index is 0.692. The molecule has 17 heavy (non-hydrogen) atoms. The zero-order chi connectivity index (χ0) is 12.4. The lowest BCUT2D eigenvalue weighted by Crippen LogP contribution is -2.27. The van der Waals surface area contributed by atoms with Crippen molar-refractivity contribution in [1.82, 2.24) is 15.1 Å². The number of aryl methyl sites for hydroxylation is 2. The summed E-state index contributed by atoms with van der Waals surface area (Å²) in [4.78, 5) is 0. The van der Waals surface area contributed by atoms with Crippen molar-refractivity contribution in [1.29, 1.82) is 0 Å². The van der Waals surface area contributed by atoms with Crippen LogP contribution >= 0.6 is 15.9 Å². The van der Waals surface area contributed by atoms with Gasteiger partial charge in [-0.1, -0.05) is 6.92 Å². The zero-order valence-corrected chi connectivity index (χ0v) is 12.5. The second kappa shape index (κ2) is 5.53. The average molecular weight is 300 g/mol. The molecule has 1 aliphatic carbocycles. The van der Waals surface area contributed by atoms with E-state index in [1.165, 1.54) is 25.0 Å². The molecule has 1 heterocycles. The van der Waals surface area contributed by atoms with Gasteiger partial charge in [0, 0.05) is 19.1 Å². The quantitative estimate of drug-likeness (QED) is 0.925. The molecule has 1 aromatic rings. The summed E-state index contributed by atoms with van der Waals surface area (Å²) in [7, 11) is 0. The van der Waals surface area contributed by atoms with E-state index in [-0.39, 0.29) is 0 Å². The number of nitrogens with zero attached hydrogens (tertiary/aromatic N) is 2. The van der Waals surface area contributed by atoms with Crippen molar-refractivity contribution in [3.63, 3.8) is 0 Å². The van der Waals surface area contributed by atoms with E-state index in [0.717, 1.165) is 29.2 Å². The average Bonchev–Trinajstić information content (AvgIpc) is 2.83. The van der Waals surface area contributed by atoms with Crippen LogP contribution in [0.25, 0.3) is 0 Å². The molecule has 0 saturated heterocycles. The Bertz CT molecular complexity index is 386. The van der Waals surface area contributed by atoms with Gasteiger partial charge in [0.05, 0.1) is 15.9 Å². The highest BCUT2D eigenvalue weighted by atomic mass is 79.9. The van der Waals surface area contributed by atoms with E-state index in [2.05, 4.69) is 51.8 Å². The van der Waals surface area contributed by atoms with Crippen LogP contribution in [0.3, 0.4) is 0 Å². The lowest BCUT2D eigenvalue weighted by Gasteiger charge is -2.13. The van der Waals surface area contributed by atoms with Crippen molar-refractivity contribution in [2.24, 2.45) is 5.92 Å². The first-order chi connectivity index (χ1) is 8.11. The van der Waals surface area contributed by atoms with Crippen LogP contribution in [0.15, 0.2) is 4.47 Å². The highest BCUT2D eigenvalue weighted by molar-refractivity contribution is 9.10. The summed E-state index contributed by atoms with van der Waals surface area (Å²) in [6.45, 7) is 8.40. The number of rotatable bonds is 4. The van der Waals surface area contributed by atoms with Gasteiger partial charge < -0.3 is 5.32 Å². The molecule has 1 fully saturated rings. The van der Waals surface area contributed by atoms with Crippen molar-refractivity contribution in [3.05, 3.63) is 15.9 Å². The summed E-state index contributed by atoms with van der Waals surface area (Å²) in [5.74, 6) is 0.883. The van der Waals surface area contributed by atoms with Crippen molar-refractivity contribution in [3.8, 4) is 0 Å². The fourth-order valence-electron chi connectivity index (χ4n) is 2.67. The van der Waals surface area contributed by atoms with Gasteiger partial charge in [0.25, 0.3) is 0 Å². The summed E-state index contributed by atoms with van der Waals surface area (Å²) in [6.07, 6.45) is 4.00. The molecule has 2 unspecified atom stereocenters. The van der Waals surface area contributed by atoms with Crippen molar-refractivity contribution in [2.45, 2.75) is 59.2 Å².